The van der Waals surface area contributed by atoms with Gasteiger partial charge in [0.25, 0.3) is 0 Å². The Kier molecular flexibility index (Phi) is 8.55. The van der Waals surface area contributed by atoms with Gasteiger partial charge in [0.1, 0.15) is 0 Å². The smallest absolute Gasteiger partial charge is 0.335 e. The molecule has 1 fully saturated rings. The van der Waals surface area contributed by atoms with Crippen molar-refractivity contribution in [3.63, 3.8) is 0 Å². The van der Waals surface area contributed by atoms with E-state index in [-0.39, 0.29) is 11.9 Å². The molecular formula is C19H28O6. The first-order chi connectivity index (χ1) is 12.2. The summed E-state index contributed by atoms with van der Waals surface area (Å²) in [6.07, 6.45) is 7.45. The summed E-state index contributed by atoms with van der Waals surface area (Å²) in [7, 11) is 1.50. The van der Waals surface area contributed by atoms with E-state index < -0.39 is 5.97 Å². The van der Waals surface area contributed by atoms with Crippen molar-refractivity contribution in [2.75, 3.05) is 26.9 Å². The SMILES string of the molecule is COc1cc(C(=O)O)ccc1OCCCCCCOC1CCCCO1. The second-order valence-corrected chi connectivity index (χ2v) is 6.10. The Morgan fingerprint density at radius 2 is 1.96 bits per heavy atom. The van der Waals surface area contributed by atoms with Gasteiger partial charge in [0, 0.05) is 13.2 Å². The van der Waals surface area contributed by atoms with E-state index in [1.165, 1.54) is 25.7 Å². The van der Waals surface area contributed by atoms with Crippen molar-refractivity contribution >= 4 is 5.97 Å². The lowest BCUT2D eigenvalue weighted by Crippen LogP contribution is -2.22. The monoisotopic (exact) mass is 352 g/mol. The lowest BCUT2D eigenvalue weighted by atomic mass is 10.2. The molecule has 1 unspecified atom stereocenters. The van der Waals surface area contributed by atoms with Gasteiger partial charge < -0.3 is 24.1 Å². The first kappa shape index (κ1) is 19.5. The van der Waals surface area contributed by atoms with Crippen molar-refractivity contribution in [2.45, 2.75) is 51.2 Å². The Balaban J connectivity index is 1.56. The molecule has 6 nitrogen and oxygen atoms in total. The van der Waals surface area contributed by atoms with Crippen LogP contribution in [0.5, 0.6) is 11.5 Å². The third kappa shape index (κ3) is 6.92. The fraction of sp³-hybridized carbons (Fsp3) is 0.632. The van der Waals surface area contributed by atoms with Crippen LogP contribution in [0.15, 0.2) is 18.2 Å². The highest BCUT2D eigenvalue weighted by atomic mass is 16.7. The number of aromatic carboxylic acids is 1. The van der Waals surface area contributed by atoms with E-state index in [1.807, 2.05) is 0 Å². The number of ether oxygens (including phenoxy) is 4. The zero-order valence-electron chi connectivity index (χ0n) is 14.9. The number of carboxylic acid groups (broad SMARTS) is 1. The van der Waals surface area contributed by atoms with Crippen molar-refractivity contribution in [2.24, 2.45) is 0 Å². The fourth-order valence-corrected chi connectivity index (χ4v) is 2.72. The van der Waals surface area contributed by atoms with Gasteiger partial charge in [-0.1, -0.05) is 6.42 Å². The molecule has 1 saturated heterocycles. The van der Waals surface area contributed by atoms with Gasteiger partial charge in [-0.15, -0.1) is 0 Å². The van der Waals surface area contributed by atoms with Gasteiger partial charge in [-0.05, 0) is 56.7 Å². The van der Waals surface area contributed by atoms with E-state index in [0.29, 0.717) is 18.1 Å². The highest BCUT2D eigenvalue weighted by molar-refractivity contribution is 5.88. The van der Waals surface area contributed by atoms with Crippen LogP contribution >= 0.6 is 0 Å². The lowest BCUT2D eigenvalue weighted by molar-refractivity contribution is -0.162. The average molecular weight is 352 g/mol. The van der Waals surface area contributed by atoms with Crippen molar-refractivity contribution in [1.29, 1.82) is 0 Å². The molecule has 140 valence electrons. The van der Waals surface area contributed by atoms with Crippen LogP contribution in [0, 0.1) is 0 Å². The topological polar surface area (TPSA) is 74.2 Å². The predicted octanol–water partition coefficient (Wildman–Crippen LogP) is 3.88. The summed E-state index contributed by atoms with van der Waals surface area (Å²) in [5.41, 5.74) is 0.186. The maximum absolute atomic E-state index is 11.0. The second-order valence-electron chi connectivity index (χ2n) is 6.10. The minimum Gasteiger partial charge on any atom is -0.493 e. The normalized spacial score (nSPS) is 17.2. The minimum atomic E-state index is -0.981. The summed E-state index contributed by atoms with van der Waals surface area (Å²) < 4.78 is 22.1. The highest BCUT2D eigenvalue weighted by Crippen LogP contribution is 2.28. The molecule has 1 aliphatic heterocycles. The van der Waals surface area contributed by atoms with Crippen molar-refractivity contribution in [1.82, 2.24) is 0 Å². The number of carbonyl (C=O) groups is 1. The molecule has 1 atom stereocenters. The summed E-state index contributed by atoms with van der Waals surface area (Å²) >= 11 is 0. The van der Waals surface area contributed by atoms with Crippen LogP contribution < -0.4 is 9.47 Å². The number of carboxylic acids is 1. The molecule has 6 heteroatoms. The molecule has 0 amide bonds. The van der Waals surface area contributed by atoms with Crippen molar-refractivity contribution in [3.8, 4) is 11.5 Å². The maximum atomic E-state index is 11.0. The van der Waals surface area contributed by atoms with Crippen LogP contribution in [-0.2, 0) is 9.47 Å². The van der Waals surface area contributed by atoms with Crippen LogP contribution in [-0.4, -0.2) is 44.3 Å². The lowest BCUT2D eigenvalue weighted by Gasteiger charge is -2.22. The standard InChI is InChI=1S/C19H28O6/c1-22-17-14-15(19(20)21)9-10-16(17)23-11-5-2-3-6-12-24-18-8-4-7-13-25-18/h9-10,14,18H,2-8,11-13H2,1H3,(H,20,21). The Bertz CT molecular complexity index is 525. The summed E-state index contributed by atoms with van der Waals surface area (Å²) in [4.78, 5) is 11.0. The molecule has 25 heavy (non-hydrogen) atoms. The van der Waals surface area contributed by atoms with Gasteiger partial charge in [-0.2, -0.15) is 0 Å². The van der Waals surface area contributed by atoms with Crippen LogP contribution in [0.3, 0.4) is 0 Å². The van der Waals surface area contributed by atoms with E-state index in [0.717, 1.165) is 51.7 Å². The van der Waals surface area contributed by atoms with Crippen LogP contribution in [0.2, 0.25) is 0 Å². The fourth-order valence-electron chi connectivity index (χ4n) is 2.72. The molecule has 0 aliphatic carbocycles. The zero-order valence-corrected chi connectivity index (χ0v) is 14.9. The summed E-state index contributed by atoms with van der Waals surface area (Å²) in [5, 5.41) is 8.98. The molecule has 0 aromatic heterocycles. The van der Waals surface area contributed by atoms with E-state index in [4.69, 9.17) is 24.1 Å². The number of unbranched alkanes of at least 4 members (excludes halogenated alkanes) is 3. The molecule has 0 bridgehead atoms. The number of benzene rings is 1. The molecule has 1 aromatic carbocycles. The molecule has 1 aliphatic rings. The predicted molar refractivity (Wildman–Crippen MR) is 93.5 cm³/mol. The summed E-state index contributed by atoms with van der Waals surface area (Å²) in [6.45, 7) is 2.14. The Hall–Kier alpha value is -1.79. The third-order valence-electron chi connectivity index (χ3n) is 4.15. The van der Waals surface area contributed by atoms with E-state index in [9.17, 15) is 4.79 Å². The third-order valence-corrected chi connectivity index (χ3v) is 4.15. The molecule has 2 rings (SSSR count). The molecule has 0 radical (unpaired) electrons. The quantitative estimate of drug-likeness (QED) is 0.609. The molecular weight excluding hydrogens is 324 g/mol. The largest absolute Gasteiger partial charge is 0.493 e. The number of hydrogen-bond donors (Lipinski definition) is 1. The molecule has 1 heterocycles. The summed E-state index contributed by atoms with van der Waals surface area (Å²) in [6, 6.07) is 4.63. The Labute approximate surface area is 149 Å². The Morgan fingerprint density at radius 3 is 2.64 bits per heavy atom. The molecule has 1 aromatic rings. The number of hydrogen-bond acceptors (Lipinski definition) is 5. The van der Waals surface area contributed by atoms with Crippen molar-refractivity contribution in [3.05, 3.63) is 23.8 Å². The molecule has 0 spiro atoms. The maximum Gasteiger partial charge on any atom is 0.335 e. The molecule has 1 N–H and O–H groups in total. The molecule has 0 saturated carbocycles. The Morgan fingerprint density at radius 1 is 1.16 bits per heavy atom. The first-order valence-corrected chi connectivity index (χ1v) is 8.98. The van der Waals surface area contributed by atoms with Gasteiger partial charge in [-0.25, -0.2) is 4.79 Å². The van der Waals surface area contributed by atoms with Gasteiger partial charge in [-0.3, -0.25) is 0 Å². The first-order valence-electron chi connectivity index (χ1n) is 8.98. The summed E-state index contributed by atoms with van der Waals surface area (Å²) in [5.74, 6) is 0.0387. The van der Waals surface area contributed by atoms with Gasteiger partial charge in [0.15, 0.2) is 17.8 Å². The van der Waals surface area contributed by atoms with Gasteiger partial charge in [0.05, 0.1) is 19.3 Å². The van der Waals surface area contributed by atoms with Gasteiger partial charge >= 0.3 is 5.97 Å². The van der Waals surface area contributed by atoms with Crippen LogP contribution in [0.1, 0.15) is 55.3 Å². The average Bonchev–Trinajstić information content (AvgIpc) is 2.64. The minimum absolute atomic E-state index is 0.00155. The van der Waals surface area contributed by atoms with Crippen LogP contribution in [0.25, 0.3) is 0 Å². The highest BCUT2D eigenvalue weighted by Gasteiger charge is 2.13. The zero-order chi connectivity index (χ0) is 17.9. The van der Waals surface area contributed by atoms with Gasteiger partial charge in [0.2, 0.25) is 0 Å². The number of methoxy groups -OCH3 is 1. The number of rotatable bonds is 11. The van der Waals surface area contributed by atoms with E-state index in [1.54, 1.807) is 6.07 Å². The second kappa shape index (κ2) is 10.9. The van der Waals surface area contributed by atoms with Crippen LogP contribution in [0.4, 0.5) is 0 Å². The van der Waals surface area contributed by atoms with E-state index >= 15 is 0 Å². The van der Waals surface area contributed by atoms with E-state index in [2.05, 4.69) is 0 Å². The van der Waals surface area contributed by atoms with Crippen molar-refractivity contribution < 1.29 is 28.8 Å².